The second kappa shape index (κ2) is 9.12. The van der Waals surface area contributed by atoms with Crippen LogP contribution in [0.3, 0.4) is 0 Å². The molecule has 3 aromatic rings. The number of ketones is 1. The first-order chi connectivity index (χ1) is 17.6. The molecule has 0 fully saturated rings. The molecule has 0 saturated heterocycles. The fraction of sp³-hybridized carbons (Fsp3) is 0.156. The molecular formula is C32H26FNO2. The number of nitrogens with one attached hydrogen (secondary N) is 1. The summed E-state index contributed by atoms with van der Waals surface area (Å²) in [5.74, 6) is 0.138. The number of Topliss-reactive ketones (excluding diaryl/α,β-unsaturated/α-hetero) is 1. The lowest BCUT2D eigenvalue weighted by atomic mass is 9.75. The van der Waals surface area contributed by atoms with E-state index in [1.807, 2.05) is 54.8 Å². The number of carbonyl (C=O) groups excluding carboxylic acids is 1. The number of para-hydroxylation sites is 1. The van der Waals surface area contributed by atoms with Crippen molar-refractivity contribution in [1.29, 1.82) is 0 Å². The van der Waals surface area contributed by atoms with Crippen molar-refractivity contribution in [2.45, 2.75) is 18.8 Å². The average Bonchev–Trinajstić information content (AvgIpc) is 3.21. The van der Waals surface area contributed by atoms with Crippen molar-refractivity contribution in [2.75, 3.05) is 7.11 Å². The summed E-state index contributed by atoms with van der Waals surface area (Å²) in [4.78, 5) is 13.9. The first-order valence-electron chi connectivity index (χ1n) is 12.2. The Hall–Kier alpha value is -4.18. The van der Waals surface area contributed by atoms with E-state index in [1.54, 1.807) is 13.2 Å². The van der Waals surface area contributed by atoms with E-state index in [4.69, 9.17) is 4.74 Å². The molecule has 1 aliphatic heterocycles. The highest BCUT2D eigenvalue weighted by atomic mass is 19.1. The van der Waals surface area contributed by atoms with E-state index >= 15 is 0 Å². The summed E-state index contributed by atoms with van der Waals surface area (Å²) in [7, 11) is 1.60. The van der Waals surface area contributed by atoms with Crippen LogP contribution in [-0.4, -0.2) is 12.9 Å². The van der Waals surface area contributed by atoms with Crippen molar-refractivity contribution in [2.24, 2.45) is 5.92 Å². The lowest BCUT2D eigenvalue weighted by Gasteiger charge is -2.30. The minimum atomic E-state index is -0.313. The predicted octanol–water partition coefficient (Wildman–Crippen LogP) is 5.16. The third kappa shape index (κ3) is 3.79. The molecule has 1 N–H and O–H groups in total. The molecule has 2 atom stereocenters. The Kier molecular flexibility index (Phi) is 5.65. The number of methoxy groups -OCH3 is 1. The fourth-order valence-electron chi connectivity index (χ4n) is 5.67. The van der Waals surface area contributed by atoms with Gasteiger partial charge in [-0.05, 0) is 82.0 Å². The normalized spacial score (nSPS) is 19.3. The summed E-state index contributed by atoms with van der Waals surface area (Å²) >= 11 is 0. The van der Waals surface area contributed by atoms with Crippen LogP contribution >= 0.6 is 0 Å². The summed E-state index contributed by atoms with van der Waals surface area (Å²) in [6, 6.07) is 16.7. The number of fused-ring (bicyclic) bond motifs is 5. The van der Waals surface area contributed by atoms with Gasteiger partial charge < -0.3 is 10.1 Å². The van der Waals surface area contributed by atoms with Crippen molar-refractivity contribution < 1.29 is 13.9 Å². The maximum absolute atomic E-state index is 13.9. The molecule has 0 radical (unpaired) electrons. The van der Waals surface area contributed by atoms with Crippen LogP contribution in [0.15, 0.2) is 90.8 Å². The number of allylic oxidation sites excluding steroid dienone is 5. The van der Waals surface area contributed by atoms with Gasteiger partial charge in [-0.25, -0.2) is 4.39 Å². The number of benzene rings is 3. The zero-order valence-electron chi connectivity index (χ0n) is 20.0. The van der Waals surface area contributed by atoms with Gasteiger partial charge in [-0.15, -0.1) is 0 Å². The lowest BCUT2D eigenvalue weighted by molar-refractivity contribution is 0.0940. The Bertz CT molecular complexity index is 1590. The van der Waals surface area contributed by atoms with Crippen molar-refractivity contribution in [1.82, 2.24) is 5.32 Å². The van der Waals surface area contributed by atoms with Crippen molar-refractivity contribution in [3.63, 3.8) is 0 Å². The molecule has 1 heterocycles. The first kappa shape index (κ1) is 22.3. The van der Waals surface area contributed by atoms with E-state index in [9.17, 15) is 9.18 Å². The molecular weight excluding hydrogens is 449 g/mol. The number of hydrogen-bond donors (Lipinski definition) is 1. The van der Waals surface area contributed by atoms with Gasteiger partial charge in [-0.3, -0.25) is 4.79 Å². The van der Waals surface area contributed by atoms with Gasteiger partial charge >= 0.3 is 0 Å². The van der Waals surface area contributed by atoms with Gasteiger partial charge in [-0.1, -0.05) is 54.6 Å². The van der Waals surface area contributed by atoms with E-state index in [1.165, 1.54) is 11.6 Å². The molecule has 3 aliphatic rings. The molecule has 178 valence electrons. The summed E-state index contributed by atoms with van der Waals surface area (Å²) < 4.78 is 19.4. The number of hydrogen-bond acceptors (Lipinski definition) is 3. The van der Waals surface area contributed by atoms with Crippen molar-refractivity contribution in [3.8, 4) is 16.9 Å². The van der Waals surface area contributed by atoms with E-state index in [-0.39, 0.29) is 23.4 Å². The molecule has 36 heavy (non-hydrogen) atoms. The van der Waals surface area contributed by atoms with E-state index in [0.717, 1.165) is 32.8 Å². The number of halogens is 1. The molecule has 2 unspecified atom stereocenters. The van der Waals surface area contributed by atoms with Crippen LogP contribution in [0.5, 0.6) is 5.75 Å². The van der Waals surface area contributed by atoms with Crippen LogP contribution in [0.2, 0.25) is 0 Å². The fourth-order valence-corrected chi connectivity index (χ4v) is 5.67. The molecule has 0 bridgehead atoms. The summed E-state index contributed by atoms with van der Waals surface area (Å²) in [6.07, 6.45) is 15.6. The smallest absolute Gasteiger partial charge is 0.173 e. The highest BCUT2D eigenvalue weighted by Crippen LogP contribution is 2.36. The summed E-state index contributed by atoms with van der Waals surface area (Å²) in [5, 5.41) is 5.64. The van der Waals surface area contributed by atoms with Gasteiger partial charge in [0.2, 0.25) is 0 Å². The molecule has 0 spiro atoms. The van der Waals surface area contributed by atoms with Crippen LogP contribution in [0.25, 0.3) is 23.3 Å². The maximum Gasteiger partial charge on any atom is 0.173 e. The van der Waals surface area contributed by atoms with Gasteiger partial charge in [0.05, 0.1) is 12.7 Å². The minimum Gasteiger partial charge on any atom is -0.496 e. The average molecular weight is 476 g/mol. The molecule has 3 nitrogen and oxygen atoms in total. The van der Waals surface area contributed by atoms with Crippen molar-refractivity contribution in [3.05, 3.63) is 124 Å². The van der Waals surface area contributed by atoms with Crippen LogP contribution < -0.4 is 20.5 Å². The lowest BCUT2D eigenvalue weighted by Crippen LogP contribution is -2.40. The van der Waals surface area contributed by atoms with Gasteiger partial charge in [0.15, 0.2) is 5.78 Å². The third-order valence-corrected chi connectivity index (χ3v) is 7.37. The highest BCUT2D eigenvalue weighted by Gasteiger charge is 2.32. The van der Waals surface area contributed by atoms with Crippen LogP contribution in [0, 0.1) is 11.7 Å². The van der Waals surface area contributed by atoms with Gasteiger partial charge in [0, 0.05) is 23.7 Å². The molecule has 2 aliphatic carbocycles. The van der Waals surface area contributed by atoms with Crippen molar-refractivity contribution >= 4 is 17.9 Å². The standard InChI is InChI=1S/C32H26FNO2/c1-36-31-9-5-4-7-27(31)32(35)21-18-28-25-12-10-20-17-22(33)11-13-23(20)24(25)14-15-26(28)29(19-21)30-8-3-2-6-16-34-30/h2-9,11-18,21,29,34H,10,19H2,1H3. The van der Waals surface area contributed by atoms with Crippen LogP contribution in [-0.2, 0) is 6.42 Å². The maximum atomic E-state index is 13.9. The molecule has 3 aromatic carbocycles. The molecule has 4 heteroatoms. The zero-order valence-corrected chi connectivity index (χ0v) is 20.0. The van der Waals surface area contributed by atoms with Gasteiger partial charge in [-0.2, -0.15) is 0 Å². The number of rotatable bonds is 4. The Morgan fingerprint density at radius 3 is 2.75 bits per heavy atom. The Balaban J connectivity index is 1.55. The quantitative estimate of drug-likeness (QED) is 0.530. The number of carbonyl (C=O) groups is 1. The first-order valence-corrected chi connectivity index (χ1v) is 12.2. The van der Waals surface area contributed by atoms with Gasteiger partial charge in [0.25, 0.3) is 0 Å². The second-order valence-corrected chi connectivity index (χ2v) is 9.38. The third-order valence-electron chi connectivity index (χ3n) is 7.37. The molecule has 0 aromatic heterocycles. The van der Waals surface area contributed by atoms with Crippen LogP contribution in [0.4, 0.5) is 4.39 Å². The highest BCUT2D eigenvalue weighted by molar-refractivity contribution is 6.03. The van der Waals surface area contributed by atoms with E-state index < -0.39 is 0 Å². The SMILES string of the molecule is COc1ccccc1C(=O)C1C=c2c(ccc3c2=CCc2cc(F)ccc2-3)C(C2=CC=CC=CN2)C1. The molecule has 6 rings (SSSR count). The Labute approximate surface area is 209 Å². The molecule has 0 saturated carbocycles. The van der Waals surface area contributed by atoms with Crippen LogP contribution in [0.1, 0.15) is 33.8 Å². The predicted molar refractivity (Wildman–Crippen MR) is 141 cm³/mol. The number of ether oxygens (including phenoxy) is 1. The Morgan fingerprint density at radius 1 is 1.00 bits per heavy atom. The minimum absolute atomic E-state index is 0.0226. The zero-order chi connectivity index (χ0) is 24.6. The van der Waals surface area contributed by atoms with Gasteiger partial charge in [0.1, 0.15) is 11.6 Å². The van der Waals surface area contributed by atoms with E-state index in [2.05, 4.69) is 35.7 Å². The topological polar surface area (TPSA) is 38.3 Å². The molecule has 0 amide bonds. The monoisotopic (exact) mass is 475 g/mol. The summed E-state index contributed by atoms with van der Waals surface area (Å²) in [6.45, 7) is 0. The summed E-state index contributed by atoms with van der Waals surface area (Å²) in [5.41, 5.74) is 5.98. The second-order valence-electron chi connectivity index (χ2n) is 9.38. The largest absolute Gasteiger partial charge is 0.496 e. The van der Waals surface area contributed by atoms with E-state index in [0.29, 0.717) is 24.2 Å². The Morgan fingerprint density at radius 2 is 1.86 bits per heavy atom.